The van der Waals surface area contributed by atoms with E-state index in [-0.39, 0.29) is 23.4 Å². The van der Waals surface area contributed by atoms with Crippen LogP contribution in [-0.2, 0) is 0 Å². The third-order valence-electron chi connectivity index (χ3n) is 6.87. The van der Waals surface area contributed by atoms with Crippen LogP contribution < -0.4 is 27.3 Å². The van der Waals surface area contributed by atoms with Crippen LogP contribution in [0.25, 0.3) is 10.9 Å². The van der Waals surface area contributed by atoms with Crippen molar-refractivity contribution in [2.75, 3.05) is 30.9 Å². The fourth-order valence-electron chi connectivity index (χ4n) is 5.24. The van der Waals surface area contributed by atoms with Gasteiger partial charge in [0.15, 0.2) is 0 Å². The van der Waals surface area contributed by atoms with Gasteiger partial charge in [-0.2, -0.15) is 9.94 Å². The van der Waals surface area contributed by atoms with Crippen molar-refractivity contribution in [1.29, 1.82) is 5.26 Å². The Morgan fingerprint density at radius 1 is 1.32 bits per heavy atom. The third-order valence-corrected chi connectivity index (χ3v) is 6.87. The van der Waals surface area contributed by atoms with Gasteiger partial charge in [-0.15, -0.1) is 0 Å². The first kappa shape index (κ1) is 21.4. The summed E-state index contributed by atoms with van der Waals surface area (Å²) >= 11 is 0. The lowest BCUT2D eigenvalue weighted by molar-refractivity contribution is 0.253. The molecule has 4 rings (SSSR count). The monoisotopic (exact) mass is 428 g/mol. The van der Waals surface area contributed by atoms with Crippen molar-refractivity contribution in [2.45, 2.75) is 52.1 Å². The molecule has 1 aromatic heterocycles. The van der Waals surface area contributed by atoms with E-state index in [0.29, 0.717) is 34.5 Å². The molecule has 1 aliphatic carbocycles. The average Bonchev–Trinajstić information content (AvgIpc) is 3.46. The van der Waals surface area contributed by atoms with Crippen LogP contribution in [0.1, 0.15) is 44.7 Å². The summed E-state index contributed by atoms with van der Waals surface area (Å²) < 4.78 is 17.4. The number of aromatic nitrogens is 2. The molecule has 1 aliphatic heterocycles. The summed E-state index contributed by atoms with van der Waals surface area (Å²) in [5, 5.41) is 13.0. The summed E-state index contributed by atoms with van der Waals surface area (Å²) in [7, 11) is 1.85. The normalized spacial score (nSPS) is 20.3. The van der Waals surface area contributed by atoms with Crippen LogP contribution in [0, 0.1) is 35.4 Å². The van der Waals surface area contributed by atoms with Gasteiger partial charge in [0.05, 0.1) is 28.1 Å². The molecule has 2 aromatic rings. The number of hydrogen-bond acceptors (Lipinski definition) is 6. The number of halogens is 1. The summed E-state index contributed by atoms with van der Waals surface area (Å²) in [5.74, 6) is 5.37. The first-order valence-corrected chi connectivity index (χ1v) is 10.7. The van der Waals surface area contributed by atoms with E-state index in [9.17, 15) is 14.9 Å². The maximum absolute atomic E-state index is 15.3. The first-order valence-electron chi connectivity index (χ1n) is 10.7. The molecule has 166 valence electrons. The van der Waals surface area contributed by atoms with Crippen LogP contribution in [0.5, 0.6) is 0 Å². The standard InChI is InChI=1S/C22H29FN6O2/c1-12-17-15(20(30)29(25)21(31)28(17)14-5-6-14)9-16(23)18(12)27-8-7-13(10-27)19(26-4)22(2,3)11-24/h9,13-14,19,26H,5-8,10,25H2,1-4H3. The molecule has 2 atom stereocenters. The molecule has 1 aromatic carbocycles. The van der Waals surface area contributed by atoms with Gasteiger partial charge in [0.25, 0.3) is 5.56 Å². The second-order valence-corrected chi connectivity index (χ2v) is 9.38. The zero-order valence-corrected chi connectivity index (χ0v) is 18.4. The van der Waals surface area contributed by atoms with Crippen LogP contribution in [0.4, 0.5) is 10.1 Å². The van der Waals surface area contributed by atoms with Gasteiger partial charge in [-0.25, -0.2) is 9.18 Å². The molecule has 31 heavy (non-hydrogen) atoms. The molecule has 0 bridgehead atoms. The molecule has 1 saturated carbocycles. The molecule has 1 saturated heterocycles. The highest BCUT2D eigenvalue weighted by Crippen LogP contribution is 2.40. The Morgan fingerprint density at radius 2 is 2.00 bits per heavy atom. The molecular formula is C22H29FN6O2. The quantitative estimate of drug-likeness (QED) is 0.701. The maximum atomic E-state index is 15.3. The molecule has 2 aliphatic rings. The lowest BCUT2D eigenvalue weighted by Crippen LogP contribution is -2.46. The van der Waals surface area contributed by atoms with Gasteiger partial charge in [-0.3, -0.25) is 9.36 Å². The predicted molar refractivity (Wildman–Crippen MR) is 118 cm³/mol. The lowest BCUT2D eigenvalue weighted by Gasteiger charge is -2.33. The number of nitrogens with zero attached hydrogens (tertiary/aromatic N) is 4. The largest absolute Gasteiger partial charge is 0.369 e. The summed E-state index contributed by atoms with van der Waals surface area (Å²) in [6.07, 6.45) is 2.48. The van der Waals surface area contributed by atoms with E-state index in [0.717, 1.165) is 19.3 Å². The smallest absolute Gasteiger partial charge is 0.350 e. The van der Waals surface area contributed by atoms with Gasteiger partial charge >= 0.3 is 5.69 Å². The van der Waals surface area contributed by atoms with E-state index < -0.39 is 22.5 Å². The zero-order chi connectivity index (χ0) is 22.7. The van der Waals surface area contributed by atoms with E-state index in [2.05, 4.69) is 11.4 Å². The number of hydrogen-bond donors (Lipinski definition) is 2. The Hall–Kier alpha value is -2.86. The van der Waals surface area contributed by atoms with E-state index >= 15 is 4.39 Å². The number of rotatable bonds is 5. The molecule has 9 heteroatoms. The summed E-state index contributed by atoms with van der Waals surface area (Å²) in [5.41, 5.74) is -0.339. The Bertz CT molecular complexity index is 1200. The fourth-order valence-corrected chi connectivity index (χ4v) is 5.24. The Labute approximate surface area is 180 Å². The highest BCUT2D eigenvalue weighted by molar-refractivity contribution is 5.87. The third kappa shape index (κ3) is 3.30. The maximum Gasteiger partial charge on any atom is 0.350 e. The molecule has 2 heterocycles. The van der Waals surface area contributed by atoms with Crippen LogP contribution in [0.3, 0.4) is 0 Å². The summed E-state index contributed by atoms with van der Waals surface area (Å²) in [6, 6.07) is 3.53. The number of fused-ring (bicyclic) bond motifs is 1. The van der Waals surface area contributed by atoms with Gasteiger partial charge in [0.2, 0.25) is 0 Å². The van der Waals surface area contributed by atoms with Crippen LogP contribution >= 0.6 is 0 Å². The minimum atomic E-state index is -0.684. The van der Waals surface area contributed by atoms with Crippen molar-refractivity contribution in [2.24, 2.45) is 11.3 Å². The fraction of sp³-hybridized carbons (Fsp3) is 0.591. The molecule has 3 N–H and O–H groups in total. The van der Waals surface area contributed by atoms with Gasteiger partial charge < -0.3 is 16.1 Å². The van der Waals surface area contributed by atoms with Crippen LogP contribution in [-0.4, -0.2) is 35.4 Å². The number of nitrogens with one attached hydrogen (secondary N) is 1. The minimum absolute atomic E-state index is 0.0150. The molecule has 0 spiro atoms. The van der Waals surface area contributed by atoms with E-state index in [4.69, 9.17) is 5.84 Å². The summed E-state index contributed by atoms with van der Waals surface area (Å²) in [6.45, 7) is 6.80. The second-order valence-electron chi connectivity index (χ2n) is 9.38. The van der Waals surface area contributed by atoms with Gasteiger partial charge in [0, 0.05) is 30.7 Å². The van der Waals surface area contributed by atoms with Gasteiger partial charge in [-0.1, -0.05) is 0 Å². The van der Waals surface area contributed by atoms with E-state index in [1.54, 1.807) is 11.5 Å². The molecule has 2 fully saturated rings. The van der Waals surface area contributed by atoms with E-state index in [1.165, 1.54) is 6.07 Å². The number of aryl methyl sites for hydroxylation is 1. The number of nitriles is 1. The van der Waals surface area contributed by atoms with Crippen molar-refractivity contribution in [3.8, 4) is 6.07 Å². The van der Waals surface area contributed by atoms with Crippen molar-refractivity contribution in [3.63, 3.8) is 0 Å². The predicted octanol–water partition coefficient (Wildman–Crippen LogP) is 1.62. The Balaban J connectivity index is 1.82. The topological polar surface area (TPSA) is 109 Å². The highest BCUT2D eigenvalue weighted by atomic mass is 19.1. The van der Waals surface area contributed by atoms with Crippen molar-refractivity contribution in [3.05, 3.63) is 38.3 Å². The SMILES string of the molecule is CNC(C1CCN(c2c(F)cc3c(=O)n(N)c(=O)n(C4CC4)c3c2C)C1)C(C)(C)C#N. The Kier molecular flexibility index (Phi) is 5.09. The number of nitrogens with two attached hydrogens (primary N) is 1. The van der Waals surface area contributed by atoms with Crippen molar-refractivity contribution >= 4 is 16.6 Å². The number of benzene rings is 1. The second kappa shape index (κ2) is 7.38. The Morgan fingerprint density at radius 3 is 2.58 bits per heavy atom. The van der Waals surface area contributed by atoms with Crippen molar-refractivity contribution < 1.29 is 4.39 Å². The molecule has 8 nitrogen and oxygen atoms in total. The van der Waals surface area contributed by atoms with E-state index in [1.807, 2.05) is 25.8 Å². The van der Waals surface area contributed by atoms with Crippen LogP contribution in [0.2, 0.25) is 0 Å². The highest BCUT2D eigenvalue weighted by Gasteiger charge is 2.39. The summed E-state index contributed by atoms with van der Waals surface area (Å²) in [4.78, 5) is 27.3. The molecule has 2 unspecified atom stereocenters. The minimum Gasteiger partial charge on any atom is -0.369 e. The van der Waals surface area contributed by atoms with Gasteiger partial charge in [0.1, 0.15) is 5.82 Å². The molecule has 0 radical (unpaired) electrons. The molecule has 0 amide bonds. The lowest BCUT2D eigenvalue weighted by atomic mass is 9.78. The van der Waals surface area contributed by atoms with Gasteiger partial charge in [-0.05, 0) is 59.1 Å². The van der Waals surface area contributed by atoms with Crippen molar-refractivity contribution in [1.82, 2.24) is 14.6 Å². The number of nitrogen functional groups attached to an aromatic ring is 1. The average molecular weight is 429 g/mol. The molecular weight excluding hydrogens is 399 g/mol. The first-order chi connectivity index (χ1) is 14.6. The zero-order valence-electron chi connectivity index (χ0n) is 18.4. The number of anilines is 1. The van der Waals surface area contributed by atoms with Crippen LogP contribution in [0.15, 0.2) is 15.7 Å².